The summed E-state index contributed by atoms with van der Waals surface area (Å²) in [6.07, 6.45) is 1.73. The molecular formula is C19H18BrN7. The molecule has 2 heterocycles. The van der Waals surface area contributed by atoms with Crippen LogP contribution in [0.5, 0.6) is 0 Å². The standard InChI is InChI=1S/C19H18BrN7/c1-26(2)14-7-4-12(5-8-14)11-21-24-19-22-18-17(23-25-19)15-10-13(20)6-9-16(15)27(18)3/h4-11H,1-3H3,(H,22,24,25). The molecule has 4 aromatic rings. The van der Waals surface area contributed by atoms with Crippen molar-refractivity contribution in [3.8, 4) is 0 Å². The van der Waals surface area contributed by atoms with Crippen LogP contribution < -0.4 is 10.3 Å². The monoisotopic (exact) mass is 423 g/mol. The molecular weight excluding hydrogens is 406 g/mol. The van der Waals surface area contributed by atoms with E-state index < -0.39 is 0 Å². The second-order valence-corrected chi connectivity index (χ2v) is 7.30. The van der Waals surface area contributed by atoms with Crippen molar-refractivity contribution in [3.05, 3.63) is 52.5 Å². The number of nitrogens with one attached hydrogen (secondary N) is 1. The Morgan fingerprint density at radius 1 is 1.11 bits per heavy atom. The Bertz CT molecular complexity index is 1150. The maximum atomic E-state index is 4.55. The number of aromatic nitrogens is 4. The zero-order valence-electron chi connectivity index (χ0n) is 15.2. The predicted molar refractivity (Wildman–Crippen MR) is 113 cm³/mol. The molecule has 0 spiro atoms. The van der Waals surface area contributed by atoms with Crippen molar-refractivity contribution in [1.82, 2.24) is 19.7 Å². The van der Waals surface area contributed by atoms with Gasteiger partial charge in [-0.25, -0.2) is 5.43 Å². The van der Waals surface area contributed by atoms with Crippen LogP contribution >= 0.6 is 15.9 Å². The molecule has 0 amide bonds. The van der Waals surface area contributed by atoms with Crippen LogP contribution in [0.3, 0.4) is 0 Å². The lowest BCUT2D eigenvalue weighted by molar-refractivity contribution is 0.949. The summed E-state index contributed by atoms with van der Waals surface area (Å²) in [6.45, 7) is 0. The molecule has 1 N–H and O–H groups in total. The predicted octanol–water partition coefficient (Wildman–Crippen LogP) is 3.79. The van der Waals surface area contributed by atoms with Crippen molar-refractivity contribution in [3.63, 3.8) is 0 Å². The fraction of sp³-hybridized carbons (Fsp3) is 0.158. The lowest BCUT2D eigenvalue weighted by Crippen LogP contribution is -2.08. The van der Waals surface area contributed by atoms with E-state index in [1.165, 1.54) is 0 Å². The highest BCUT2D eigenvalue weighted by molar-refractivity contribution is 9.10. The molecule has 0 aliphatic rings. The molecule has 0 atom stereocenters. The third-order valence-corrected chi connectivity index (χ3v) is 4.84. The molecule has 0 aliphatic carbocycles. The molecule has 2 aromatic heterocycles. The van der Waals surface area contributed by atoms with E-state index in [0.717, 1.165) is 37.8 Å². The van der Waals surface area contributed by atoms with Crippen molar-refractivity contribution >= 4 is 55.8 Å². The average molecular weight is 424 g/mol. The van der Waals surface area contributed by atoms with Crippen molar-refractivity contribution in [2.45, 2.75) is 0 Å². The largest absolute Gasteiger partial charge is 0.378 e. The van der Waals surface area contributed by atoms with Crippen molar-refractivity contribution < 1.29 is 0 Å². The highest BCUT2D eigenvalue weighted by Gasteiger charge is 2.12. The summed E-state index contributed by atoms with van der Waals surface area (Å²) in [5.74, 6) is 0.355. The van der Waals surface area contributed by atoms with E-state index in [9.17, 15) is 0 Å². The Hall–Kier alpha value is -3.00. The number of halogens is 1. The van der Waals surface area contributed by atoms with Crippen LogP contribution in [0.2, 0.25) is 0 Å². The van der Waals surface area contributed by atoms with Gasteiger partial charge in [0.2, 0.25) is 0 Å². The van der Waals surface area contributed by atoms with E-state index in [2.05, 4.69) is 46.5 Å². The van der Waals surface area contributed by atoms with E-state index >= 15 is 0 Å². The van der Waals surface area contributed by atoms with Gasteiger partial charge in [-0.2, -0.15) is 10.1 Å². The molecule has 7 nitrogen and oxygen atoms in total. The maximum Gasteiger partial charge on any atom is 0.265 e. The first-order valence-electron chi connectivity index (χ1n) is 8.38. The summed E-state index contributed by atoms with van der Waals surface area (Å²) in [7, 11) is 5.99. The molecule has 0 fully saturated rings. The summed E-state index contributed by atoms with van der Waals surface area (Å²) in [5, 5.41) is 13.7. The molecule has 0 unspecified atom stereocenters. The van der Waals surface area contributed by atoms with Crippen LogP contribution in [0, 0.1) is 0 Å². The second-order valence-electron chi connectivity index (χ2n) is 6.38. The van der Waals surface area contributed by atoms with Gasteiger partial charge in [0.25, 0.3) is 5.95 Å². The van der Waals surface area contributed by atoms with Crippen molar-refractivity contribution in [2.24, 2.45) is 12.1 Å². The summed E-state index contributed by atoms with van der Waals surface area (Å²) in [6, 6.07) is 14.1. The van der Waals surface area contributed by atoms with E-state index in [0.29, 0.717) is 5.95 Å². The third kappa shape index (κ3) is 3.35. The van der Waals surface area contributed by atoms with Gasteiger partial charge in [-0.1, -0.05) is 28.1 Å². The fourth-order valence-electron chi connectivity index (χ4n) is 2.90. The van der Waals surface area contributed by atoms with Crippen LogP contribution in [-0.2, 0) is 7.05 Å². The van der Waals surface area contributed by atoms with Crippen LogP contribution in [-0.4, -0.2) is 40.1 Å². The van der Waals surface area contributed by atoms with E-state index in [1.54, 1.807) is 6.21 Å². The van der Waals surface area contributed by atoms with E-state index in [1.807, 2.05) is 68.2 Å². The van der Waals surface area contributed by atoms with Crippen LogP contribution in [0.4, 0.5) is 11.6 Å². The zero-order chi connectivity index (χ0) is 19.0. The number of fused-ring (bicyclic) bond motifs is 3. The number of hydrazone groups is 1. The fourth-order valence-corrected chi connectivity index (χ4v) is 3.26. The number of nitrogens with zero attached hydrogens (tertiary/aromatic N) is 6. The first-order chi connectivity index (χ1) is 13.0. The normalized spacial score (nSPS) is 11.6. The number of benzene rings is 2. The summed E-state index contributed by atoms with van der Waals surface area (Å²) >= 11 is 3.50. The Kier molecular flexibility index (Phi) is 4.49. The molecule has 2 aromatic carbocycles. The van der Waals surface area contributed by atoms with Gasteiger partial charge < -0.3 is 9.47 Å². The van der Waals surface area contributed by atoms with Crippen LogP contribution in [0.25, 0.3) is 22.1 Å². The highest BCUT2D eigenvalue weighted by Crippen LogP contribution is 2.28. The third-order valence-electron chi connectivity index (χ3n) is 4.35. The van der Waals surface area contributed by atoms with Gasteiger partial charge in [-0.3, -0.25) is 0 Å². The molecule has 0 saturated carbocycles. The number of hydrogen-bond acceptors (Lipinski definition) is 6. The Balaban J connectivity index is 1.59. The van der Waals surface area contributed by atoms with Crippen molar-refractivity contribution in [2.75, 3.05) is 24.4 Å². The number of rotatable bonds is 4. The molecule has 0 radical (unpaired) electrons. The molecule has 0 bridgehead atoms. The number of anilines is 2. The average Bonchev–Trinajstić information content (AvgIpc) is 2.94. The van der Waals surface area contributed by atoms with Crippen LogP contribution in [0.15, 0.2) is 52.0 Å². The summed E-state index contributed by atoms with van der Waals surface area (Å²) in [4.78, 5) is 6.60. The Labute approximate surface area is 164 Å². The topological polar surface area (TPSA) is 71.2 Å². The molecule has 27 heavy (non-hydrogen) atoms. The van der Waals surface area contributed by atoms with E-state index in [-0.39, 0.29) is 0 Å². The first kappa shape index (κ1) is 17.4. The zero-order valence-corrected chi connectivity index (χ0v) is 16.8. The van der Waals surface area contributed by atoms with Gasteiger partial charge in [0.15, 0.2) is 5.65 Å². The Morgan fingerprint density at radius 3 is 2.63 bits per heavy atom. The second kappa shape index (κ2) is 6.96. The number of aryl methyl sites for hydroxylation is 1. The van der Waals surface area contributed by atoms with Gasteiger partial charge in [0, 0.05) is 36.7 Å². The van der Waals surface area contributed by atoms with Gasteiger partial charge in [0.05, 0.1) is 11.7 Å². The minimum Gasteiger partial charge on any atom is -0.378 e. The van der Waals surface area contributed by atoms with Gasteiger partial charge in [-0.15, -0.1) is 10.2 Å². The molecule has 8 heteroatoms. The summed E-state index contributed by atoms with van der Waals surface area (Å²) < 4.78 is 3.00. The molecule has 0 aliphatic heterocycles. The van der Waals surface area contributed by atoms with Gasteiger partial charge in [0.1, 0.15) is 5.52 Å². The molecule has 0 saturated heterocycles. The number of hydrogen-bond donors (Lipinski definition) is 1. The van der Waals surface area contributed by atoms with Crippen LogP contribution in [0.1, 0.15) is 5.56 Å². The maximum absolute atomic E-state index is 4.55. The first-order valence-corrected chi connectivity index (χ1v) is 9.17. The van der Waals surface area contributed by atoms with Crippen molar-refractivity contribution in [1.29, 1.82) is 0 Å². The van der Waals surface area contributed by atoms with Gasteiger partial charge >= 0.3 is 0 Å². The molecule has 136 valence electrons. The van der Waals surface area contributed by atoms with Gasteiger partial charge in [-0.05, 0) is 35.9 Å². The molecule has 4 rings (SSSR count). The highest BCUT2D eigenvalue weighted by atomic mass is 79.9. The lowest BCUT2D eigenvalue weighted by atomic mass is 10.2. The smallest absolute Gasteiger partial charge is 0.265 e. The Morgan fingerprint density at radius 2 is 1.89 bits per heavy atom. The minimum atomic E-state index is 0.355. The summed E-state index contributed by atoms with van der Waals surface area (Å²) in [5.41, 5.74) is 7.55. The quantitative estimate of drug-likeness (QED) is 0.399. The lowest BCUT2D eigenvalue weighted by Gasteiger charge is -2.11. The SMILES string of the molecule is CN(C)c1ccc(C=NNc2nnc3c4cc(Br)ccc4n(C)c3n2)cc1. The van der Waals surface area contributed by atoms with E-state index in [4.69, 9.17) is 0 Å². The minimum absolute atomic E-state index is 0.355.